The molecule has 1 atom stereocenters. The minimum atomic E-state index is 0.529. The molecule has 0 heterocycles. The van der Waals surface area contributed by atoms with Crippen molar-refractivity contribution in [3.8, 4) is 0 Å². The van der Waals surface area contributed by atoms with E-state index >= 15 is 0 Å². The van der Waals surface area contributed by atoms with Crippen LogP contribution in [0.15, 0.2) is 28.7 Å². The number of rotatable bonds is 8. The third kappa shape index (κ3) is 4.90. The zero-order valence-corrected chi connectivity index (χ0v) is 13.5. The molecular weight excluding hydrogens is 302 g/mol. The molecule has 1 aromatic carbocycles. The molecule has 3 heteroatoms. The van der Waals surface area contributed by atoms with Gasteiger partial charge in [0.2, 0.25) is 0 Å². The van der Waals surface area contributed by atoms with Crippen molar-refractivity contribution in [2.75, 3.05) is 20.3 Å². The van der Waals surface area contributed by atoms with Crippen LogP contribution in [0.1, 0.15) is 31.7 Å². The van der Waals surface area contributed by atoms with Gasteiger partial charge in [-0.15, -0.1) is 0 Å². The molecule has 1 unspecified atom stereocenters. The van der Waals surface area contributed by atoms with Crippen LogP contribution in [0.25, 0.3) is 0 Å². The molecular formula is C16H24BrNO. The van der Waals surface area contributed by atoms with Gasteiger partial charge >= 0.3 is 0 Å². The summed E-state index contributed by atoms with van der Waals surface area (Å²) in [5, 5.41) is 3.69. The number of halogens is 1. The Labute approximate surface area is 125 Å². The Kier molecular flexibility index (Phi) is 5.43. The van der Waals surface area contributed by atoms with Gasteiger partial charge in [-0.25, -0.2) is 0 Å². The van der Waals surface area contributed by atoms with Crippen LogP contribution in [-0.2, 0) is 11.2 Å². The predicted molar refractivity (Wildman–Crippen MR) is 83.5 cm³/mol. The van der Waals surface area contributed by atoms with Gasteiger partial charge in [0.05, 0.1) is 0 Å². The van der Waals surface area contributed by atoms with E-state index in [1.165, 1.54) is 24.8 Å². The van der Waals surface area contributed by atoms with E-state index in [1.54, 1.807) is 7.11 Å². The molecule has 1 saturated carbocycles. The third-order valence-electron chi connectivity index (χ3n) is 4.07. The maximum absolute atomic E-state index is 5.20. The molecule has 0 amide bonds. The Morgan fingerprint density at radius 2 is 2.00 bits per heavy atom. The van der Waals surface area contributed by atoms with Crippen LogP contribution in [0.2, 0.25) is 0 Å². The zero-order valence-electron chi connectivity index (χ0n) is 11.9. The molecule has 0 aromatic heterocycles. The molecule has 0 radical (unpaired) electrons. The molecule has 0 aliphatic heterocycles. The lowest BCUT2D eigenvalue weighted by Gasteiger charge is -2.20. The van der Waals surface area contributed by atoms with Gasteiger partial charge in [0, 0.05) is 30.8 Å². The highest BCUT2D eigenvalue weighted by molar-refractivity contribution is 9.10. The number of methoxy groups -OCH3 is 1. The molecule has 1 aliphatic carbocycles. The van der Waals surface area contributed by atoms with Gasteiger partial charge in [0.1, 0.15) is 0 Å². The Bertz CT molecular complexity index is 386. The summed E-state index contributed by atoms with van der Waals surface area (Å²) in [5.41, 5.74) is 1.93. The lowest BCUT2D eigenvalue weighted by Crippen LogP contribution is -2.34. The quantitative estimate of drug-likeness (QED) is 0.785. The lowest BCUT2D eigenvalue weighted by atomic mass is 10.0. The van der Waals surface area contributed by atoms with Crippen molar-refractivity contribution >= 4 is 15.9 Å². The molecule has 2 rings (SSSR count). The Hall–Kier alpha value is -0.380. The number of ether oxygens (including phenoxy) is 1. The van der Waals surface area contributed by atoms with E-state index < -0.39 is 0 Å². The van der Waals surface area contributed by atoms with Crippen molar-refractivity contribution in [2.24, 2.45) is 5.41 Å². The fraction of sp³-hybridized carbons (Fsp3) is 0.625. The first-order valence-corrected chi connectivity index (χ1v) is 7.90. The maximum atomic E-state index is 5.20. The number of benzene rings is 1. The summed E-state index contributed by atoms with van der Waals surface area (Å²) >= 11 is 3.47. The molecule has 0 saturated heterocycles. The van der Waals surface area contributed by atoms with E-state index in [4.69, 9.17) is 4.74 Å². The zero-order chi connectivity index (χ0) is 13.7. The van der Waals surface area contributed by atoms with Crippen LogP contribution >= 0.6 is 15.9 Å². The van der Waals surface area contributed by atoms with Crippen molar-refractivity contribution in [1.82, 2.24) is 5.32 Å². The molecule has 19 heavy (non-hydrogen) atoms. The molecule has 1 aromatic rings. The van der Waals surface area contributed by atoms with Crippen molar-refractivity contribution in [2.45, 2.75) is 38.6 Å². The molecule has 1 fully saturated rings. The van der Waals surface area contributed by atoms with Crippen LogP contribution in [0.4, 0.5) is 0 Å². The molecule has 0 bridgehead atoms. The van der Waals surface area contributed by atoms with Crippen molar-refractivity contribution in [3.05, 3.63) is 34.3 Å². The average Bonchev–Trinajstić information content (AvgIpc) is 3.18. The minimum absolute atomic E-state index is 0.529. The van der Waals surface area contributed by atoms with Gasteiger partial charge in [-0.1, -0.05) is 28.1 Å². The monoisotopic (exact) mass is 325 g/mol. The average molecular weight is 326 g/mol. The van der Waals surface area contributed by atoms with Crippen LogP contribution in [0.5, 0.6) is 0 Å². The standard InChI is InChI=1S/C16H24BrNO/c1-13(11-14-3-5-15(17)6-4-14)18-12-16(7-8-16)9-10-19-2/h3-6,13,18H,7-12H2,1-2H3. The SMILES string of the molecule is COCCC1(CNC(C)Cc2ccc(Br)cc2)CC1. The van der Waals surface area contributed by atoms with Gasteiger partial charge < -0.3 is 10.1 Å². The second-order valence-corrected chi connectivity index (χ2v) is 6.77. The van der Waals surface area contributed by atoms with Crippen LogP contribution in [-0.4, -0.2) is 26.3 Å². The van der Waals surface area contributed by atoms with Gasteiger partial charge in [-0.05, 0) is 55.7 Å². The predicted octanol–water partition coefficient (Wildman–Crippen LogP) is 3.79. The summed E-state index contributed by atoms with van der Waals surface area (Å²) in [4.78, 5) is 0. The van der Waals surface area contributed by atoms with Crippen molar-refractivity contribution < 1.29 is 4.74 Å². The number of hydrogen-bond donors (Lipinski definition) is 1. The van der Waals surface area contributed by atoms with E-state index in [0.29, 0.717) is 11.5 Å². The number of hydrogen-bond acceptors (Lipinski definition) is 2. The summed E-state index contributed by atoms with van der Waals surface area (Å²) in [6.07, 6.45) is 5.00. The van der Waals surface area contributed by atoms with E-state index in [2.05, 4.69) is 52.4 Å². The summed E-state index contributed by atoms with van der Waals surface area (Å²) < 4.78 is 6.35. The largest absolute Gasteiger partial charge is 0.385 e. The normalized spacial score (nSPS) is 18.3. The molecule has 2 nitrogen and oxygen atoms in total. The van der Waals surface area contributed by atoms with Gasteiger partial charge in [0.15, 0.2) is 0 Å². The van der Waals surface area contributed by atoms with E-state index in [9.17, 15) is 0 Å². The maximum Gasteiger partial charge on any atom is 0.0468 e. The molecule has 106 valence electrons. The van der Waals surface area contributed by atoms with Crippen LogP contribution in [0, 0.1) is 5.41 Å². The van der Waals surface area contributed by atoms with E-state index in [-0.39, 0.29) is 0 Å². The smallest absolute Gasteiger partial charge is 0.0468 e. The highest BCUT2D eigenvalue weighted by atomic mass is 79.9. The molecule has 1 N–H and O–H groups in total. The first kappa shape index (κ1) is 15.0. The van der Waals surface area contributed by atoms with E-state index in [0.717, 1.165) is 24.0 Å². The summed E-state index contributed by atoms with van der Waals surface area (Å²) in [6.45, 7) is 4.30. The topological polar surface area (TPSA) is 21.3 Å². The summed E-state index contributed by atoms with van der Waals surface area (Å²) in [6, 6.07) is 9.15. The highest BCUT2D eigenvalue weighted by Gasteiger charge is 2.41. The second-order valence-electron chi connectivity index (χ2n) is 5.86. The lowest BCUT2D eigenvalue weighted by molar-refractivity contribution is 0.170. The minimum Gasteiger partial charge on any atom is -0.385 e. The second kappa shape index (κ2) is 6.87. The third-order valence-corrected chi connectivity index (χ3v) is 4.60. The van der Waals surface area contributed by atoms with Gasteiger partial charge in [-0.3, -0.25) is 0 Å². The summed E-state index contributed by atoms with van der Waals surface area (Å²) in [5.74, 6) is 0. The molecule has 1 aliphatic rings. The van der Waals surface area contributed by atoms with Crippen molar-refractivity contribution in [3.63, 3.8) is 0 Å². The van der Waals surface area contributed by atoms with E-state index in [1.807, 2.05) is 0 Å². The Morgan fingerprint density at radius 3 is 2.58 bits per heavy atom. The first-order valence-electron chi connectivity index (χ1n) is 7.10. The van der Waals surface area contributed by atoms with Crippen LogP contribution in [0.3, 0.4) is 0 Å². The van der Waals surface area contributed by atoms with Crippen LogP contribution < -0.4 is 5.32 Å². The van der Waals surface area contributed by atoms with Gasteiger partial charge in [0.25, 0.3) is 0 Å². The Balaban J connectivity index is 1.72. The number of nitrogens with one attached hydrogen (secondary N) is 1. The summed E-state index contributed by atoms with van der Waals surface area (Å²) in [7, 11) is 1.79. The van der Waals surface area contributed by atoms with Gasteiger partial charge in [-0.2, -0.15) is 0 Å². The molecule has 0 spiro atoms. The Morgan fingerprint density at radius 1 is 1.32 bits per heavy atom. The van der Waals surface area contributed by atoms with Crippen molar-refractivity contribution in [1.29, 1.82) is 0 Å². The fourth-order valence-electron chi connectivity index (χ4n) is 2.45. The highest BCUT2D eigenvalue weighted by Crippen LogP contribution is 2.48. The fourth-order valence-corrected chi connectivity index (χ4v) is 2.71. The first-order chi connectivity index (χ1) is 9.13.